The van der Waals surface area contributed by atoms with Gasteiger partial charge in [0.1, 0.15) is 5.75 Å². The van der Waals surface area contributed by atoms with Crippen LogP contribution in [-0.4, -0.2) is 19.2 Å². The maximum atomic E-state index is 11.8. The molecule has 0 radical (unpaired) electrons. The SMILES string of the molecule is COc1ccc(/C=N/NC(=O)c2cccc(Cl)c2)cc1Br. The minimum Gasteiger partial charge on any atom is -0.496 e. The Balaban J connectivity index is 2.02. The summed E-state index contributed by atoms with van der Waals surface area (Å²) in [6, 6.07) is 12.1. The van der Waals surface area contributed by atoms with E-state index in [1.807, 2.05) is 18.2 Å². The predicted molar refractivity (Wildman–Crippen MR) is 87.2 cm³/mol. The zero-order chi connectivity index (χ0) is 15.2. The third kappa shape index (κ3) is 4.31. The molecule has 2 rings (SSSR count). The molecule has 0 aliphatic carbocycles. The third-order valence-corrected chi connectivity index (χ3v) is 3.50. The number of rotatable bonds is 4. The van der Waals surface area contributed by atoms with E-state index in [-0.39, 0.29) is 5.91 Å². The van der Waals surface area contributed by atoms with E-state index in [9.17, 15) is 4.79 Å². The lowest BCUT2D eigenvalue weighted by Gasteiger charge is -2.03. The topological polar surface area (TPSA) is 50.7 Å². The number of nitrogens with one attached hydrogen (secondary N) is 1. The van der Waals surface area contributed by atoms with Gasteiger partial charge in [-0.2, -0.15) is 5.10 Å². The van der Waals surface area contributed by atoms with Gasteiger partial charge in [-0.1, -0.05) is 17.7 Å². The second kappa shape index (κ2) is 7.24. The molecular weight excluding hydrogens is 356 g/mol. The fourth-order valence-electron chi connectivity index (χ4n) is 1.62. The average molecular weight is 368 g/mol. The molecule has 0 spiro atoms. The van der Waals surface area contributed by atoms with Crippen molar-refractivity contribution in [2.75, 3.05) is 7.11 Å². The Hall–Kier alpha value is -1.85. The maximum absolute atomic E-state index is 11.8. The summed E-state index contributed by atoms with van der Waals surface area (Å²) < 4.78 is 5.95. The second-order valence-corrected chi connectivity index (χ2v) is 5.39. The first-order valence-corrected chi connectivity index (χ1v) is 7.20. The van der Waals surface area contributed by atoms with Gasteiger partial charge in [0, 0.05) is 10.6 Å². The van der Waals surface area contributed by atoms with Gasteiger partial charge < -0.3 is 4.74 Å². The van der Waals surface area contributed by atoms with Crippen LogP contribution in [-0.2, 0) is 0 Å². The molecular formula is C15H12BrClN2O2. The number of ether oxygens (including phenoxy) is 1. The summed E-state index contributed by atoms with van der Waals surface area (Å²) in [6.07, 6.45) is 1.55. The first kappa shape index (κ1) is 15.5. The molecule has 0 unspecified atom stereocenters. The van der Waals surface area contributed by atoms with Crippen LogP contribution < -0.4 is 10.2 Å². The fraction of sp³-hybridized carbons (Fsp3) is 0.0667. The number of methoxy groups -OCH3 is 1. The number of carbonyl (C=O) groups is 1. The number of benzene rings is 2. The highest BCUT2D eigenvalue weighted by molar-refractivity contribution is 9.10. The van der Waals surface area contributed by atoms with E-state index in [2.05, 4.69) is 26.5 Å². The Morgan fingerprint density at radius 2 is 2.14 bits per heavy atom. The molecule has 0 fully saturated rings. The van der Waals surface area contributed by atoms with Crippen LogP contribution in [0.5, 0.6) is 5.75 Å². The van der Waals surface area contributed by atoms with Gasteiger partial charge in [0.05, 0.1) is 17.8 Å². The lowest BCUT2D eigenvalue weighted by atomic mass is 10.2. The van der Waals surface area contributed by atoms with Gasteiger partial charge in [0.2, 0.25) is 0 Å². The number of nitrogens with zero attached hydrogens (tertiary/aromatic N) is 1. The molecule has 1 amide bonds. The molecule has 0 heterocycles. The summed E-state index contributed by atoms with van der Waals surface area (Å²) in [4.78, 5) is 11.8. The van der Waals surface area contributed by atoms with Gasteiger partial charge in [-0.25, -0.2) is 5.43 Å². The molecule has 1 N–H and O–H groups in total. The predicted octanol–water partition coefficient (Wildman–Crippen LogP) is 3.88. The molecule has 0 aromatic heterocycles. The summed E-state index contributed by atoms with van der Waals surface area (Å²) in [7, 11) is 1.60. The van der Waals surface area contributed by atoms with Gasteiger partial charge in [0.25, 0.3) is 5.91 Å². The highest BCUT2D eigenvalue weighted by atomic mass is 79.9. The van der Waals surface area contributed by atoms with Crippen molar-refractivity contribution in [2.45, 2.75) is 0 Å². The lowest BCUT2D eigenvalue weighted by molar-refractivity contribution is 0.0955. The highest BCUT2D eigenvalue weighted by Crippen LogP contribution is 2.24. The number of hydrogen-bond acceptors (Lipinski definition) is 3. The minimum atomic E-state index is -0.318. The van der Waals surface area contributed by atoms with Crippen molar-refractivity contribution in [2.24, 2.45) is 5.10 Å². The van der Waals surface area contributed by atoms with Crippen molar-refractivity contribution in [3.05, 3.63) is 63.1 Å². The van der Waals surface area contributed by atoms with Gasteiger partial charge in [0.15, 0.2) is 0 Å². The first-order valence-electron chi connectivity index (χ1n) is 6.02. The zero-order valence-corrected chi connectivity index (χ0v) is 13.5. The fourth-order valence-corrected chi connectivity index (χ4v) is 2.37. The summed E-state index contributed by atoms with van der Waals surface area (Å²) in [5, 5.41) is 4.42. The Kier molecular flexibility index (Phi) is 5.36. The molecule has 0 aliphatic rings. The van der Waals surface area contributed by atoms with E-state index in [4.69, 9.17) is 16.3 Å². The van der Waals surface area contributed by atoms with E-state index in [0.717, 1.165) is 15.8 Å². The summed E-state index contributed by atoms with van der Waals surface area (Å²) >= 11 is 9.21. The molecule has 0 aliphatic heterocycles. The number of hydrogen-bond donors (Lipinski definition) is 1. The van der Waals surface area contributed by atoms with Crippen LogP contribution in [0.3, 0.4) is 0 Å². The quantitative estimate of drug-likeness (QED) is 0.659. The molecule has 0 bridgehead atoms. The molecule has 2 aromatic carbocycles. The number of hydrazone groups is 1. The molecule has 4 nitrogen and oxygen atoms in total. The third-order valence-electron chi connectivity index (χ3n) is 2.64. The van der Waals surface area contributed by atoms with Crippen LogP contribution in [0.25, 0.3) is 0 Å². The van der Waals surface area contributed by atoms with Crippen LogP contribution in [0, 0.1) is 0 Å². The maximum Gasteiger partial charge on any atom is 0.271 e. The Morgan fingerprint density at radius 1 is 1.33 bits per heavy atom. The van der Waals surface area contributed by atoms with Gasteiger partial charge in [-0.05, 0) is 57.9 Å². The largest absolute Gasteiger partial charge is 0.496 e. The Bertz CT molecular complexity index is 689. The smallest absolute Gasteiger partial charge is 0.271 e. The standard InChI is InChI=1S/C15H12BrClN2O2/c1-21-14-6-5-10(7-13(14)16)9-18-19-15(20)11-3-2-4-12(17)8-11/h2-9H,1H3,(H,19,20)/b18-9+. The van der Waals surface area contributed by atoms with Crippen molar-refractivity contribution in [1.29, 1.82) is 0 Å². The lowest BCUT2D eigenvalue weighted by Crippen LogP contribution is -2.17. The zero-order valence-electron chi connectivity index (χ0n) is 11.1. The normalized spacial score (nSPS) is 10.6. The van der Waals surface area contributed by atoms with E-state index < -0.39 is 0 Å². The van der Waals surface area contributed by atoms with E-state index >= 15 is 0 Å². The molecule has 0 atom stereocenters. The Labute approximate surface area is 135 Å². The van der Waals surface area contributed by atoms with Crippen LogP contribution in [0.1, 0.15) is 15.9 Å². The summed E-state index contributed by atoms with van der Waals surface area (Å²) in [6.45, 7) is 0. The van der Waals surface area contributed by atoms with Crippen molar-refractivity contribution < 1.29 is 9.53 Å². The van der Waals surface area contributed by atoms with Crippen LogP contribution in [0.2, 0.25) is 5.02 Å². The van der Waals surface area contributed by atoms with Crippen molar-refractivity contribution in [1.82, 2.24) is 5.43 Å². The molecule has 0 saturated heterocycles. The molecule has 108 valence electrons. The summed E-state index contributed by atoms with van der Waals surface area (Å²) in [5.74, 6) is 0.413. The number of halogens is 2. The molecule has 2 aromatic rings. The summed E-state index contributed by atoms with van der Waals surface area (Å²) in [5.41, 5.74) is 3.73. The second-order valence-electron chi connectivity index (χ2n) is 4.10. The van der Waals surface area contributed by atoms with Crippen molar-refractivity contribution >= 4 is 39.7 Å². The Morgan fingerprint density at radius 3 is 2.81 bits per heavy atom. The van der Waals surface area contributed by atoms with Crippen molar-refractivity contribution in [3.8, 4) is 5.75 Å². The van der Waals surface area contributed by atoms with Gasteiger partial charge >= 0.3 is 0 Å². The van der Waals surface area contributed by atoms with Gasteiger partial charge in [-0.15, -0.1) is 0 Å². The van der Waals surface area contributed by atoms with E-state index in [1.54, 1.807) is 37.6 Å². The molecule has 0 saturated carbocycles. The van der Waals surface area contributed by atoms with Gasteiger partial charge in [-0.3, -0.25) is 4.79 Å². The minimum absolute atomic E-state index is 0.318. The first-order chi connectivity index (χ1) is 10.1. The number of carbonyl (C=O) groups excluding carboxylic acids is 1. The number of amides is 1. The monoisotopic (exact) mass is 366 g/mol. The molecule has 21 heavy (non-hydrogen) atoms. The average Bonchev–Trinajstić information content (AvgIpc) is 2.47. The van der Waals surface area contributed by atoms with E-state index in [0.29, 0.717) is 10.6 Å². The van der Waals surface area contributed by atoms with Crippen LogP contribution >= 0.6 is 27.5 Å². The van der Waals surface area contributed by atoms with Crippen molar-refractivity contribution in [3.63, 3.8) is 0 Å². The van der Waals surface area contributed by atoms with Crippen LogP contribution in [0.15, 0.2) is 52.0 Å². The van der Waals surface area contributed by atoms with Crippen LogP contribution in [0.4, 0.5) is 0 Å². The van der Waals surface area contributed by atoms with E-state index in [1.165, 1.54) is 0 Å². The molecule has 6 heteroatoms. The highest BCUT2D eigenvalue weighted by Gasteiger charge is 2.04.